The maximum absolute atomic E-state index is 12.1. The highest BCUT2D eigenvalue weighted by Gasteiger charge is 2.32. The maximum atomic E-state index is 12.1. The highest BCUT2D eigenvalue weighted by atomic mass is 16.2. The third-order valence-corrected chi connectivity index (χ3v) is 4.39. The fourth-order valence-corrected chi connectivity index (χ4v) is 2.95. The first kappa shape index (κ1) is 15.1. The molecule has 0 aliphatic heterocycles. The van der Waals surface area contributed by atoms with Crippen LogP contribution >= 0.6 is 0 Å². The molecule has 110 valence electrons. The lowest BCUT2D eigenvalue weighted by Crippen LogP contribution is -2.32. The van der Waals surface area contributed by atoms with Crippen molar-refractivity contribution >= 4 is 5.91 Å². The van der Waals surface area contributed by atoms with Gasteiger partial charge < -0.3 is 4.90 Å². The molecule has 2 aliphatic carbocycles. The van der Waals surface area contributed by atoms with E-state index in [4.69, 9.17) is 0 Å². The van der Waals surface area contributed by atoms with Crippen molar-refractivity contribution < 1.29 is 4.79 Å². The number of nitrogens with zero attached hydrogens (tertiary/aromatic N) is 1. The first-order chi connectivity index (χ1) is 9.61. The summed E-state index contributed by atoms with van der Waals surface area (Å²) in [5, 5.41) is 0. The minimum absolute atomic E-state index is 0.294. The van der Waals surface area contributed by atoms with Gasteiger partial charge in [0.1, 0.15) is 0 Å². The van der Waals surface area contributed by atoms with Gasteiger partial charge in [-0.2, -0.15) is 0 Å². The van der Waals surface area contributed by atoms with Gasteiger partial charge >= 0.3 is 0 Å². The predicted octanol–water partition coefficient (Wildman–Crippen LogP) is 3.96. The molecule has 2 unspecified atom stereocenters. The normalized spacial score (nSPS) is 26.4. The molecule has 0 bridgehead atoms. The number of hydrogen-bond donors (Lipinski definition) is 0. The molecule has 0 spiro atoms. The second kappa shape index (κ2) is 6.92. The second-order valence-electron chi connectivity index (χ2n) is 6.31. The Morgan fingerprint density at radius 1 is 1.40 bits per heavy atom. The standard InChI is InChI=1S/C18H27NO/c1-4-11-19(18(20)17-9-10-17)12-5-6-16-8-7-14(2)13-15(16)3/h4-6,13,15-17H,1,7-12H2,2-3H3/b6-5+. The van der Waals surface area contributed by atoms with Crippen LogP contribution in [0.3, 0.4) is 0 Å². The van der Waals surface area contributed by atoms with E-state index in [0.29, 0.717) is 30.2 Å². The van der Waals surface area contributed by atoms with E-state index in [0.717, 1.165) is 19.4 Å². The first-order valence-electron chi connectivity index (χ1n) is 7.85. The monoisotopic (exact) mass is 273 g/mol. The minimum Gasteiger partial charge on any atom is -0.335 e. The number of allylic oxidation sites excluding steroid dienone is 3. The summed E-state index contributed by atoms with van der Waals surface area (Å²) in [6.07, 6.45) is 13.3. The average molecular weight is 273 g/mol. The summed E-state index contributed by atoms with van der Waals surface area (Å²) in [6, 6.07) is 0. The van der Waals surface area contributed by atoms with Crippen LogP contribution in [0.5, 0.6) is 0 Å². The van der Waals surface area contributed by atoms with E-state index in [1.54, 1.807) is 0 Å². The molecular weight excluding hydrogens is 246 g/mol. The van der Waals surface area contributed by atoms with Crippen LogP contribution in [0.4, 0.5) is 0 Å². The molecule has 1 amide bonds. The van der Waals surface area contributed by atoms with Gasteiger partial charge in [0, 0.05) is 19.0 Å². The van der Waals surface area contributed by atoms with Crippen molar-refractivity contribution in [2.24, 2.45) is 17.8 Å². The van der Waals surface area contributed by atoms with Gasteiger partial charge in [0.2, 0.25) is 5.91 Å². The Kier molecular flexibility index (Phi) is 5.22. The van der Waals surface area contributed by atoms with Crippen molar-refractivity contribution in [3.8, 4) is 0 Å². The van der Waals surface area contributed by atoms with Gasteiger partial charge in [0.25, 0.3) is 0 Å². The highest BCUT2D eigenvalue weighted by molar-refractivity contribution is 5.81. The lowest BCUT2D eigenvalue weighted by Gasteiger charge is -2.25. The molecule has 2 aliphatic rings. The largest absolute Gasteiger partial charge is 0.335 e. The Morgan fingerprint density at radius 2 is 2.15 bits per heavy atom. The van der Waals surface area contributed by atoms with Crippen LogP contribution in [0.2, 0.25) is 0 Å². The first-order valence-corrected chi connectivity index (χ1v) is 7.85. The molecule has 0 aromatic heterocycles. The molecule has 2 heteroatoms. The zero-order chi connectivity index (χ0) is 14.5. The fourth-order valence-electron chi connectivity index (χ4n) is 2.95. The minimum atomic E-state index is 0.294. The predicted molar refractivity (Wildman–Crippen MR) is 84.3 cm³/mol. The lowest BCUT2D eigenvalue weighted by atomic mass is 9.82. The fraction of sp³-hybridized carbons (Fsp3) is 0.611. The summed E-state index contributed by atoms with van der Waals surface area (Å²) in [5.41, 5.74) is 1.51. The molecule has 2 nitrogen and oxygen atoms in total. The Bertz CT molecular complexity index is 417. The third-order valence-electron chi connectivity index (χ3n) is 4.39. The van der Waals surface area contributed by atoms with E-state index in [-0.39, 0.29) is 0 Å². The van der Waals surface area contributed by atoms with Gasteiger partial charge in [-0.1, -0.05) is 36.8 Å². The highest BCUT2D eigenvalue weighted by Crippen LogP contribution is 2.31. The molecule has 20 heavy (non-hydrogen) atoms. The maximum Gasteiger partial charge on any atom is 0.226 e. The molecule has 0 N–H and O–H groups in total. The molecule has 0 radical (unpaired) electrons. The Labute approximate surface area is 123 Å². The molecule has 0 heterocycles. The third kappa shape index (κ3) is 4.09. The van der Waals surface area contributed by atoms with Crippen LogP contribution in [0.1, 0.15) is 39.5 Å². The van der Waals surface area contributed by atoms with Gasteiger partial charge in [-0.3, -0.25) is 4.79 Å². The zero-order valence-corrected chi connectivity index (χ0v) is 12.8. The van der Waals surface area contributed by atoms with Gasteiger partial charge in [0.05, 0.1) is 0 Å². The van der Waals surface area contributed by atoms with Crippen molar-refractivity contribution in [2.45, 2.75) is 39.5 Å². The van der Waals surface area contributed by atoms with Crippen molar-refractivity contribution in [3.63, 3.8) is 0 Å². The molecule has 1 fully saturated rings. The lowest BCUT2D eigenvalue weighted by molar-refractivity contribution is -0.131. The van der Waals surface area contributed by atoms with Gasteiger partial charge in [0.15, 0.2) is 0 Å². The number of carbonyl (C=O) groups excluding carboxylic acids is 1. The van der Waals surface area contributed by atoms with E-state index < -0.39 is 0 Å². The summed E-state index contributed by atoms with van der Waals surface area (Å²) < 4.78 is 0. The molecule has 0 saturated heterocycles. The Balaban J connectivity index is 1.86. The summed E-state index contributed by atoms with van der Waals surface area (Å²) in [4.78, 5) is 14.0. The average Bonchev–Trinajstić information content (AvgIpc) is 3.23. The van der Waals surface area contributed by atoms with Crippen molar-refractivity contribution in [1.82, 2.24) is 4.90 Å². The quantitative estimate of drug-likeness (QED) is 0.671. The van der Waals surface area contributed by atoms with Gasteiger partial charge in [-0.05, 0) is 44.4 Å². The topological polar surface area (TPSA) is 20.3 Å². The SMILES string of the molecule is C=CCN(C/C=C/C1CCC(C)=CC1C)C(=O)C1CC1. The summed E-state index contributed by atoms with van der Waals surface area (Å²) in [5.74, 6) is 1.84. The molecule has 2 rings (SSSR count). The number of hydrogen-bond acceptors (Lipinski definition) is 1. The van der Waals surface area contributed by atoms with Crippen LogP contribution in [0, 0.1) is 17.8 Å². The molecule has 0 aromatic rings. The van der Waals surface area contributed by atoms with E-state index in [1.165, 1.54) is 18.4 Å². The molecular formula is C18H27NO. The van der Waals surface area contributed by atoms with E-state index >= 15 is 0 Å². The Hall–Kier alpha value is -1.31. The van der Waals surface area contributed by atoms with Crippen LogP contribution < -0.4 is 0 Å². The summed E-state index contributed by atoms with van der Waals surface area (Å²) in [6.45, 7) is 9.66. The molecule has 0 aromatic carbocycles. The van der Waals surface area contributed by atoms with E-state index in [9.17, 15) is 4.79 Å². The van der Waals surface area contributed by atoms with Crippen molar-refractivity contribution in [3.05, 3.63) is 36.5 Å². The van der Waals surface area contributed by atoms with Crippen LogP contribution in [0.25, 0.3) is 0 Å². The van der Waals surface area contributed by atoms with Crippen molar-refractivity contribution in [2.75, 3.05) is 13.1 Å². The second-order valence-corrected chi connectivity index (χ2v) is 6.31. The van der Waals surface area contributed by atoms with Crippen LogP contribution in [-0.4, -0.2) is 23.9 Å². The van der Waals surface area contributed by atoms with Gasteiger partial charge in [-0.15, -0.1) is 6.58 Å². The number of rotatable bonds is 6. The van der Waals surface area contributed by atoms with E-state index in [2.05, 4.69) is 38.7 Å². The van der Waals surface area contributed by atoms with Crippen LogP contribution in [-0.2, 0) is 4.79 Å². The van der Waals surface area contributed by atoms with Gasteiger partial charge in [-0.25, -0.2) is 0 Å². The Morgan fingerprint density at radius 3 is 2.75 bits per heavy atom. The van der Waals surface area contributed by atoms with E-state index in [1.807, 2.05) is 11.0 Å². The zero-order valence-electron chi connectivity index (χ0n) is 12.8. The molecule has 2 atom stereocenters. The summed E-state index contributed by atoms with van der Waals surface area (Å²) >= 11 is 0. The van der Waals surface area contributed by atoms with Crippen molar-refractivity contribution in [1.29, 1.82) is 0 Å². The van der Waals surface area contributed by atoms with Crippen LogP contribution in [0.15, 0.2) is 36.5 Å². The number of carbonyl (C=O) groups is 1. The smallest absolute Gasteiger partial charge is 0.226 e. The molecule has 1 saturated carbocycles. The summed E-state index contributed by atoms with van der Waals surface area (Å²) in [7, 11) is 0. The number of amides is 1.